The Balaban J connectivity index is 2.59. The van der Waals surface area contributed by atoms with Gasteiger partial charge in [-0.05, 0) is 6.07 Å². The minimum atomic E-state index is 0.0672. The molecule has 0 amide bonds. The number of benzene rings is 1. The van der Waals surface area contributed by atoms with Crippen molar-refractivity contribution in [2.75, 3.05) is 6.61 Å². The molecule has 1 aliphatic rings. The van der Waals surface area contributed by atoms with Gasteiger partial charge in [0.2, 0.25) is 0 Å². The minimum Gasteiger partial charge on any atom is -0.369 e. The Labute approximate surface area is 78.7 Å². The average Bonchev–Trinajstić information content (AvgIpc) is 2.07. The van der Waals surface area contributed by atoms with E-state index in [4.69, 9.17) is 4.74 Å². The van der Waals surface area contributed by atoms with Gasteiger partial charge in [0.25, 0.3) is 0 Å². The number of hydrogen-bond donors (Lipinski definition) is 0. The van der Waals surface area contributed by atoms with Crippen LogP contribution < -0.4 is 0 Å². The number of halogens is 1. The fraction of sp³-hybridized carbons (Fsp3) is 0.222. The number of carbonyl (C=O) groups is 1. The van der Waals surface area contributed by atoms with E-state index in [9.17, 15) is 4.79 Å². The molecule has 0 radical (unpaired) electrons. The van der Waals surface area contributed by atoms with Crippen molar-refractivity contribution in [2.45, 2.75) is 6.61 Å². The van der Waals surface area contributed by atoms with Crippen LogP contribution in [0.3, 0.4) is 0 Å². The van der Waals surface area contributed by atoms with Crippen molar-refractivity contribution in [1.29, 1.82) is 0 Å². The molecule has 0 fully saturated rings. The molecule has 12 heavy (non-hydrogen) atoms. The number of ether oxygens (including phenoxy) is 1. The highest BCUT2D eigenvalue weighted by molar-refractivity contribution is 9.10. The lowest BCUT2D eigenvalue weighted by Gasteiger charge is -2.15. The molecule has 1 heterocycles. The molecule has 1 aromatic carbocycles. The number of hydrogen-bond acceptors (Lipinski definition) is 2. The summed E-state index contributed by atoms with van der Waals surface area (Å²) in [7, 11) is 0. The Kier molecular flexibility index (Phi) is 1.98. The molecule has 2 nitrogen and oxygen atoms in total. The highest BCUT2D eigenvalue weighted by atomic mass is 79.9. The molecule has 1 aromatic rings. The molecule has 0 atom stereocenters. The van der Waals surface area contributed by atoms with Gasteiger partial charge in [-0.2, -0.15) is 0 Å². The van der Waals surface area contributed by atoms with Crippen LogP contribution in [0.25, 0.3) is 0 Å². The standard InChI is InChI=1S/C9H7BrO2/c10-8-3-1-2-6-7(8)4-12-5-9(6)11/h1-3H,4-5H2. The molecule has 62 valence electrons. The topological polar surface area (TPSA) is 26.3 Å². The van der Waals surface area contributed by atoms with Crippen molar-refractivity contribution >= 4 is 21.7 Å². The van der Waals surface area contributed by atoms with Crippen LogP contribution in [0.5, 0.6) is 0 Å². The predicted octanol–water partition coefficient (Wildman–Crippen LogP) is 2.16. The smallest absolute Gasteiger partial charge is 0.188 e. The zero-order valence-corrected chi connectivity index (χ0v) is 7.93. The molecular weight excluding hydrogens is 220 g/mol. The van der Waals surface area contributed by atoms with E-state index in [1.165, 1.54) is 0 Å². The van der Waals surface area contributed by atoms with E-state index in [1.807, 2.05) is 18.2 Å². The van der Waals surface area contributed by atoms with E-state index in [0.717, 1.165) is 15.6 Å². The molecule has 0 N–H and O–H groups in total. The Bertz CT molecular complexity index is 333. The molecule has 1 aliphatic heterocycles. The number of fused-ring (bicyclic) bond motifs is 1. The molecule has 0 aromatic heterocycles. The van der Waals surface area contributed by atoms with Gasteiger partial charge in [0.05, 0.1) is 6.61 Å². The first-order chi connectivity index (χ1) is 5.79. The maximum absolute atomic E-state index is 11.3. The van der Waals surface area contributed by atoms with E-state index in [2.05, 4.69) is 15.9 Å². The maximum Gasteiger partial charge on any atom is 0.188 e. The second-order valence-electron chi connectivity index (χ2n) is 2.68. The van der Waals surface area contributed by atoms with Crippen molar-refractivity contribution in [1.82, 2.24) is 0 Å². The van der Waals surface area contributed by atoms with E-state index < -0.39 is 0 Å². The first-order valence-electron chi connectivity index (χ1n) is 3.67. The zero-order valence-electron chi connectivity index (χ0n) is 6.34. The Morgan fingerprint density at radius 1 is 1.33 bits per heavy atom. The zero-order chi connectivity index (χ0) is 8.55. The van der Waals surface area contributed by atoms with E-state index in [1.54, 1.807) is 0 Å². The Hall–Kier alpha value is -0.670. The second kappa shape index (κ2) is 2.99. The summed E-state index contributed by atoms with van der Waals surface area (Å²) in [6.45, 7) is 0.742. The van der Waals surface area contributed by atoms with Gasteiger partial charge >= 0.3 is 0 Å². The van der Waals surface area contributed by atoms with Crippen molar-refractivity contribution in [3.63, 3.8) is 0 Å². The van der Waals surface area contributed by atoms with Gasteiger partial charge in [-0.3, -0.25) is 4.79 Å². The fourth-order valence-corrected chi connectivity index (χ4v) is 1.77. The van der Waals surface area contributed by atoms with Crippen molar-refractivity contribution in [3.05, 3.63) is 33.8 Å². The van der Waals surface area contributed by atoms with Gasteiger partial charge in [0.15, 0.2) is 5.78 Å². The maximum atomic E-state index is 11.3. The molecule has 2 rings (SSSR count). The van der Waals surface area contributed by atoms with Gasteiger partial charge in [0.1, 0.15) is 6.61 Å². The van der Waals surface area contributed by atoms with Crippen LogP contribution in [0.1, 0.15) is 15.9 Å². The van der Waals surface area contributed by atoms with Crippen molar-refractivity contribution in [3.8, 4) is 0 Å². The molecule has 0 unspecified atom stereocenters. The second-order valence-corrected chi connectivity index (χ2v) is 3.54. The molecule has 0 saturated heterocycles. The van der Waals surface area contributed by atoms with Crippen LogP contribution >= 0.6 is 15.9 Å². The van der Waals surface area contributed by atoms with Crippen molar-refractivity contribution in [2.24, 2.45) is 0 Å². The van der Waals surface area contributed by atoms with Crippen LogP contribution in [0, 0.1) is 0 Å². The lowest BCUT2D eigenvalue weighted by Crippen LogP contribution is -2.18. The van der Waals surface area contributed by atoms with Crippen LogP contribution in [0.4, 0.5) is 0 Å². The summed E-state index contributed by atoms with van der Waals surface area (Å²) in [5, 5.41) is 0. The van der Waals surface area contributed by atoms with E-state index in [-0.39, 0.29) is 12.4 Å². The normalized spacial score (nSPS) is 15.9. The van der Waals surface area contributed by atoms with Gasteiger partial charge < -0.3 is 4.74 Å². The van der Waals surface area contributed by atoms with Gasteiger partial charge in [-0.25, -0.2) is 0 Å². The molecule has 0 aliphatic carbocycles. The predicted molar refractivity (Wildman–Crippen MR) is 48.1 cm³/mol. The highest BCUT2D eigenvalue weighted by Gasteiger charge is 2.18. The largest absolute Gasteiger partial charge is 0.369 e. The monoisotopic (exact) mass is 226 g/mol. The van der Waals surface area contributed by atoms with Gasteiger partial charge in [-0.15, -0.1) is 0 Å². The van der Waals surface area contributed by atoms with Crippen LogP contribution in [0.2, 0.25) is 0 Å². The summed E-state index contributed by atoms with van der Waals surface area (Å²) in [5.74, 6) is 0.0672. The number of rotatable bonds is 0. The summed E-state index contributed by atoms with van der Waals surface area (Å²) in [4.78, 5) is 11.3. The van der Waals surface area contributed by atoms with Gasteiger partial charge in [0, 0.05) is 15.6 Å². The fourth-order valence-electron chi connectivity index (χ4n) is 1.29. The first-order valence-corrected chi connectivity index (χ1v) is 4.46. The van der Waals surface area contributed by atoms with E-state index >= 15 is 0 Å². The lowest BCUT2D eigenvalue weighted by molar-refractivity contribution is 0.0664. The molecule has 3 heteroatoms. The third-order valence-electron chi connectivity index (χ3n) is 1.90. The van der Waals surface area contributed by atoms with Gasteiger partial charge in [-0.1, -0.05) is 28.1 Å². The highest BCUT2D eigenvalue weighted by Crippen LogP contribution is 2.24. The van der Waals surface area contributed by atoms with Crippen LogP contribution in [-0.2, 0) is 11.3 Å². The molecule has 0 saturated carbocycles. The summed E-state index contributed by atoms with van der Waals surface area (Å²) < 4.78 is 6.06. The Morgan fingerprint density at radius 2 is 2.17 bits per heavy atom. The lowest BCUT2D eigenvalue weighted by atomic mass is 10.0. The summed E-state index contributed by atoms with van der Waals surface area (Å²) in [6, 6.07) is 5.62. The summed E-state index contributed by atoms with van der Waals surface area (Å²) >= 11 is 3.38. The average molecular weight is 227 g/mol. The van der Waals surface area contributed by atoms with Crippen LogP contribution in [0.15, 0.2) is 22.7 Å². The Morgan fingerprint density at radius 3 is 2.92 bits per heavy atom. The SMILES string of the molecule is O=C1COCc2c(Br)cccc21. The summed E-state index contributed by atoms with van der Waals surface area (Å²) in [6.07, 6.45) is 0. The number of carbonyl (C=O) groups excluding carboxylic acids is 1. The third-order valence-corrected chi connectivity index (χ3v) is 2.64. The number of Topliss-reactive ketones (excluding diaryl/α,β-unsaturated/α-hetero) is 1. The van der Waals surface area contributed by atoms with Crippen LogP contribution in [-0.4, -0.2) is 12.4 Å². The van der Waals surface area contributed by atoms with Crippen molar-refractivity contribution < 1.29 is 9.53 Å². The van der Waals surface area contributed by atoms with E-state index in [0.29, 0.717) is 6.61 Å². The molecule has 0 bridgehead atoms. The third kappa shape index (κ3) is 1.19. The quantitative estimate of drug-likeness (QED) is 0.678. The number of ketones is 1. The minimum absolute atomic E-state index is 0.0672. The molecular formula is C9H7BrO2. The molecule has 0 spiro atoms. The summed E-state index contributed by atoms with van der Waals surface area (Å²) in [5.41, 5.74) is 1.75. The first kappa shape index (κ1) is 7.95.